The number of fused-ring (bicyclic) bond motifs is 1. The van der Waals surface area contributed by atoms with Crippen LogP contribution in [-0.2, 0) is 13.5 Å². The van der Waals surface area contributed by atoms with Gasteiger partial charge in [0.1, 0.15) is 0 Å². The molecule has 0 aliphatic carbocycles. The second-order valence-electron chi connectivity index (χ2n) is 6.14. The number of amides is 1. The summed E-state index contributed by atoms with van der Waals surface area (Å²) >= 11 is 0. The molecule has 0 saturated carbocycles. The van der Waals surface area contributed by atoms with E-state index in [4.69, 9.17) is 0 Å². The van der Waals surface area contributed by atoms with Gasteiger partial charge in [-0.05, 0) is 36.6 Å². The first-order chi connectivity index (χ1) is 11.2. The Bertz CT molecular complexity index is 838. The molecule has 4 rings (SSSR count). The number of hydrogen-bond acceptors (Lipinski definition) is 4. The predicted molar refractivity (Wildman–Crippen MR) is 84.8 cm³/mol. The number of tetrazole rings is 1. The molecule has 1 atom stereocenters. The summed E-state index contributed by atoms with van der Waals surface area (Å²) in [4.78, 5) is 14.6. The van der Waals surface area contributed by atoms with Gasteiger partial charge < -0.3 is 9.47 Å². The predicted octanol–water partition coefficient (Wildman–Crippen LogP) is 1.40. The van der Waals surface area contributed by atoms with E-state index >= 15 is 0 Å². The molecule has 1 fully saturated rings. The highest BCUT2D eigenvalue weighted by Gasteiger charge is 2.28. The summed E-state index contributed by atoms with van der Waals surface area (Å²) in [6.07, 6.45) is 3.75. The first-order valence-electron chi connectivity index (χ1n) is 7.77. The van der Waals surface area contributed by atoms with Crippen LogP contribution in [0.1, 0.15) is 22.6 Å². The lowest BCUT2D eigenvalue weighted by molar-refractivity contribution is 0.0787. The number of likely N-dealkylation sites (tertiary alicyclic amines) is 1. The molecule has 1 aliphatic heterocycles. The topological polar surface area (TPSA) is 79.7 Å². The van der Waals surface area contributed by atoms with Gasteiger partial charge in [0.05, 0.1) is 0 Å². The summed E-state index contributed by atoms with van der Waals surface area (Å²) in [6, 6.07) is 7.94. The van der Waals surface area contributed by atoms with Gasteiger partial charge in [-0.1, -0.05) is 5.21 Å². The number of nitrogens with one attached hydrogen (secondary N) is 1. The molecule has 1 amide bonds. The number of rotatable bonds is 3. The molecule has 1 aromatic carbocycles. The highest BCUT2D eigenvalue weighted by molar-refractivity contribution is 5.98. The van der Waals surface area contributed by atoms with Crippen LogP contribution in [-0.4, -0.2) is 49.1 Å². The van der Waals surface area contributed by atoms with Crippen molar-refractivity contribution in [2.75, 3.05) is 13.1 Å². The molecule has 2 aromatic heterocycles. The molecule has 1 saturated heterocycles. The van der Waals surface area contributed by atoms with Gasteiger partial charge in [-0.2, -0.15) is 5.21 Å². The average Bonchev–Trinajstić information content (AvgIpc) is 3.29. The second kappa shape index (κ2) is 5.49. The second-order valence-corrected chi connectivity index (χ2v) is 6.14. The minimum Gasteiger partial charge on any atom is -0.351 e. The van der Waals surface area contributed by atoms with Crippen LogP contribution in [0, 0.1) is 5.92 Å². The van der Waals surface area contributed by atoms with Gasteiger partial charge in [-0.3, -0.25) is 4.79 Å². The van der Waals surface area contributed by atoms with Gasteiger partial charge in [0, 0.05) is 49.2 Å². The van der Waals surface area contributed by atoms with Crippen molar-refractivity contribution in [1.82, 2.24) is 30.1 Å². The Morgan fingerprint density at radius 2 is 2.30 bits per heavy atom. The third kappa shape index (κ3) is 2.58. The number of H-pyrrole nitrogens is 1. The standard InChI is InChI=1S/C16H18N6O/c1-21-6-5-12-9-13(2-3-14(12)21)16(23)22-7-4-11(10-22)8-15-17-19-20-18-15/h2-3,5-6,9,11H,4,7-8,10H2,1H3,(H,17,18,19,20). The lowest BCUT2D eigenvalue weighted by Gasteiger charge is -2.16. The molecule has 7 nitrogen and oxygen atoms in total. The van der Waals surface area contributed by atoms with Crippen LogP contribution in [0.4, 0.5) is 0 Å². The van der Waals surface area contributed by atoms with Gasteiger partial charge >= 0.3 is 0 Å². The molecular formula is C16H18N6O. The molecule has 3 aromatic rings. The van der Waals surface area contributed by atoms with Crippen molar-refractivity contribution in [3.63, 3.8) is 0 Å². The van der Waals surface area contributed by atoms with Crippen molar-refractivity contribution >= 4 is 16.8 Å². The third-order valence-corrected chi connectivity index (χ3v) is 4.57. The van der Waals surface area contributed by atoms with E-state index in [2.05, 4.69) is 25.2 Å². The molecule has 3 heterocycles. The highest BCUT2D eigenvalue weighted by Crippen LogP contribution is 2.23. The molecule has 23 heavy (non-hydrogen) atoms. The van der Waals surface area contributed by atoms with E-state index in [0.29, 0.717) is 5.92 Å². The number of aromatic nitrogens is 5. The Morgan fingerprint density at radius 3 is 3.13 bits per heavy atom. The Balaban J connectivity index is 1.48. The number of carbonyl (C=O) groups excluding carboxylic acids is 1. The van der Waals surface area contributed by atoms with Crippen molar-refractivity contribution in [2.24, 2.45) is 13.0 Å². The first kappa shape index (κ1) is 13.9. The molecule has 1 N–H and O–H groups in total. The van der Waals surface area contributed by atoms with Crippen LogP contribution in [0.3, 0.4) is 0 Å². The summed E-state index contributed by atoms with van der Waals surface area (Å²) in [5, 5.41) is 15.1. The van der Waals surface area contributed by atoms with Crippen LogP contribution >= 0.6 is 0 Å². The van der Waals surface area contributed by atoms with Crippen LogP contribution in [0.2, 0.25) is 0 Å². The summed E-state index contributed by atoms with van der Waals surface area (Å²) in [7, 11) is 2.01. The normalized spacial score (nSPS) is 18.0. The number of aryl methyl sites for hydroxylation is 1. The summed E-state index contributed by atoms with van der Waals surface area (Å²) < 4.78 is 2.06. The van der Waals surface area contributed by atoms with E-state index in [1.807, 2.05) is 42.4 Å². The zero-order chi connectivity index (χ0) is 15.8. The number of aromatic amines is 1. The van der Waals surface area contributed by atoms with Crippen LogP contribution in [0.25, 0.3) is 10.9 Å². The summed E-state index contributed by atoms with van der Waals surface area (Å²) in [6.45, 7) is 1.54. The third-order valence-electron chi connectivity index (χ3n) is 4.57. The maximum absolute atomic E-state index is 12.7. The summed E-state index contributed by atoms with van der Waals surface area (Å²) in [5.74, 6) is 1.22. The zero-order valence-corrected chi connectivity index (χ0v) is 12.9. The highest BCUT2D eigenvalue weighted by atomic mass is 16.2. The summed E-state index contributed by atoms with van der Waals surface area (Å²) in [5.41, 5.74) is 1.89. The molecule has 7 heteroatoms. The van der Waals surface area contributed by atoms with Gasteiger partial charge in [0.15, 0.2) is 5.82 Å². The van der Waals surface area contributed by atoms with Gasteiger partial charge in [-0.25, -0.2) is 0 Å². The number of nitrogens with zero attached hydrogens (tertiary/aromatic N) is 5. The molecule has 118 valence electrons. The van der Waals surface area contributed by atoms with E-state index in [0.717, 1.165) is 48.2 Å². The molecule has 1 unspecified atom stereocenters. The smallest absolute Gasteiger partial charge is 0.253 e. The fourth-order valence-corrected chi connectivity index (χ4v) is 3.31. The Morgan fingerprint density at radius 1 is 1.39 bits per heavy atom. The minimum absolute atomic E-state index is 0.103. The quantitative estimate of drug-likeness (QED) is 0.793. The van der Waals surface area contributed by atoms with E-state index < -0.39 is 0 Å². The fourth-order valence-electron chi connectivity index (χ4n) is 3.31. The maximum atomic E-state index is 12.7. The zero-order valence-electron chi connectivity index (χ0n) is 12.9. The van der Waals surface area contributed by atoms with E-state index in [1.54, 1.807) is 0 Å². The van der Waals surface area contributed by atoms with Crippen molar-refractivity contribution in [3.05, 3.63) is 41.9 Å². The van der Waals surface area contributed by atoms with Gasteiger partial charge in [0.2, 0.25) is 0 Å². The van der Waals surface area contributed by atoms with Crippen LogP contribution in [0.15, 0.2) is 30.5 Å². The first-order valence-corrected chi connectivity index (χ1v) is 7.77. The van der Waals surface area contributed by atoms with Crippen LogP contribution in [0.5, 0.6) is 0 Å². The molecular weight excluding hydrogens is 292 g/mol. The lowest BCUT2D eigenvalue weighted by Crippen LogP contribution is -2.29. The van der Waals surface area contributed by atoms with Crippen LogP contribution < -0.4 is 0 Å². The monoisotopic (exact) mass is 310 g/mol. The number of benzene rings is 1. The van der Waals surface area contributed by atoms with Crippen molar-refractivity contribution in [3.8, 4) is 0 Å². The number of carbonyl (C=O) groups is 1. The molecule has 0 bridgehead atoms. The largest absolute Gasteiger partial charge is 0.351 e. The van der Waals surface area contributed by atoms with Gasteiger partial charge in [0.25, 0.3) is 5.91 Å². The molecule has 0 radical (unpaired) electrons. The SMILES string of the molecule is Cn1ccc2cc(C(=O)N3CCC(Cc4nn[nH]n4)C3)ccc21. The Kier molecular flexibility index (Phi) is 3.33. The van der Waals surface area contributed by atoms with E-state index in [1.165, 1.54) is 0 Å². The van der Waals surface area contributed by atoms with E-state index in [-0.39, 0.29) is 5.91 Å². The fraction of sp³-hybridized carbons (Fsp3) is 0.375. The molecule has 1 aliphatic rings. The van der Waals surface area contributed by atoms with Crippen molar-refractivity contribution in [1.29, 1.82) is 0 Å². The van der Waals surface area contributed by atoms with E-state index in [9.17, 15) is 4.79 Å². The maximum Gasteiger partial charge on any atom is 0.253 e. The van der Waals surface area contributed by atoms with Gasteiger partial charge in [-0.15, -0.1) is 10.2 Å². The molecule has 0 spiro atoms. The number of hydrogen-bond donors (Lipinski definition) is 1. The van der Waals surface area contributed by atoms with Crippen molar-refractivity contribution in [2.45, 2.75) is 12.8 Å². The minimum atomic E-state index is 0.103. The Hall–Kier alpha value is -2.70. The average molecular weight is 310 g/mol. The lowest BCUT2D eigenvalue weighted by atomic mass is 10.1. The van der Waals surface area contributed by atoms with Crippen molar-refractivity contribution < 1.29 is 4.79 Å². The Labute approximate surface area is 133 Å².